The molecule has 4 aromatic carbocycles. The minimum atomic E-state index is -0.811. The smallest absolute Gasteiger partial charge is 0.338 e. The van der Waals surface area contributed by atoms with Crippen LogP contribution < -0.4 is 15.4 Å². The summed E-state index contributed by atoms with van der Waals surface area (Å²) in [5.74, 6) is 0.282. The van der Waals surface area contributed by atoms with Crippen LogP contribution in [0.4, 0.5) is 5.69 Å². The average molecular weight is 527 g/mol. The molecule has 1 amide bonds. The fourth-order valence-corrected chi connectivity index (χ4v) is 3.89. The van der Waals surface area contributed by atoms with Gasteiger partial charge >= 0.3 is 5.97 Å². The van der Waals surface area contributed by atoms with Gasteiger partial charge in [-0.05, 0) is 58.7 Å². The number of aliphatic hydroxyl groups is 1. The summed E-state index contributed by atoms with van der Waals surface area (Å²) in [5.41, 5.74) is 4.21. The van der Waals surface area contributed by atoms with Gasteiger partial charge in [0, 0.05) is 13.1 Å². The number of phenols is 1. The third-order valence-electron chi connectivity index (χ3n) is 6.03. The summed E-state index contributed by atoms with van der Waals surface area (Å²) in [4.78, 5) is 23.0. The lowest BCUT2D eigenvalue weighted by molar-refractivity contribution is -0.105. The molecule has 0 aliphatic rings. The molecule has 8 nitrogen and oxygen atoms in total. The maximum absolute atomic E-state index is 12.3. The van der Waals surface area contributed by atoms with Crippen molar-refractivity contribution in [2.75, 3.05) is 25.0 Å². The first kappa shape index (κ1) is 27.4. The first-order valence-corrected chi connectivity index (χ1v) is 12.5. The number of carbonyl (C=O) groups excluding carboxylic acids is 2. The van der Waals surface area contributed by atoms with Gasteiger partial charge in [0.2, 0.25) is 6.41 Å². The van der Waals surface area contributed by atoms with E-state index in [9.17, 15) is 19.8 Å². The Bertz CT molecular complexity index is 1360. The Labute approximate surface area is 226 Å². The van der Waals surface area contributed by atoms with Crippen LogP contribution >= 0.6 is 0 Å². The summed E-state index contributed by atoms with van der Waals surface area (Å²) in [6.45, 7) is 1.43. The third kappa shape index (κ3) is 7.91. The second-order valence-electron chi connectivity index (χ2n) is 8.77. The van der Waals surface area contributed by atoms with Gasteiger partial charge in [0.05, 0.1) is 17.4 Å². The molecule has 4 aromatic rings. The lowest BCUT2D eigenvalue weighted by Crippen LogP contribution is -2.26. The summed E-state index contributed by atoms with van der Waals surface area (Å²) in [6, 6.07) is 29.0. The number of rotatable bonds is 13. The normalized spacial score (nSPS) is 11.4. The fourth-order valence-electron chi connectivity index (χ4n) is 3.89. The predicted octanol–water partition coefficient (Wildman–Crippen LogP) is 4.69. The van der Waals surface area contributed by atoms with Crippen molar-refractivity contribution >= 4 is 18.1 Å². The molecular weight excluding hydrogens is 496 g/mol. The minimum absolute atomic E-state index is 0.0679. The first-order chi connectivity index (χ1) is 19.0. The van der Waals surface area contributed by atoms with Crippen molar-refractivity contribution in [1.29, 1.82) is 0 Å². The quantitative estimate of drug-likeness (QED) is 0.0864. The van der Waals surface area contributed by atoms with E-state index in [0.29, 0.717) is 36.4 Å². The Morgan fingerprint density at radius 1 is 0.897 bits per heavy atom. The molecule has 0 heterocycles. The van der Waals surface area contributed by atoms with E-state index in [1.807, 2.05) is 66.7 Å². The zero-order chi connectivity index (χ0) is 27.5. The average Bonchev–Trinajstić information content (AvgIpc) is 2.98. The van der Waals surface area contributed by atoms with Crippen molar-refractivity contribution in [3.63, 3.8) is 0 Å². The minimum Gasteiger partial charge on any atom is -0.506 e. The molecule has 0 aromatic heterocycles. The van der Waals surface area contributed by atoms with E-state index in [1.165, 1.54) is 12.1 Å². The second kappa shape index (κ2) is 13.8. The molecule has 39 heavy (non-hydrogen) atoms. The van der Waals surface area contributed by atoms with Gasteiger partial charge in [0.15, 0.2) is 0 Å². The monoisotopic (exact) mass is 526 g/mol. The lowest BCUT2D eigenvalue weighted by Gasteiger charge is -2.14. The molecule has 0 spiro atoms. The Balaban J connectivity index is 1.20. The largest absolute Gasteiger partial charge is 0.506 e. The molecule has 0 radical (unpaired) electrons. The Morgan fingerprint density at radius 3 is 2.28 bits per heavy atom. The second-order valence-corrected chi connectivity index (χ2v) is 8.77. The number of anilines is 1. The molecule has 200 valence electrons. The molecule has 1 unspecified atom stereocenters. The number of benzene rings is 4. The van der Waals surface area contributed by atoms with Crippen molar-refractivity contribution in [3.05, 3.63) is 114 Å². The molecule has 0 saturated carbocycles. The van der Waals surface area contributed by atoms with Crippen molar-refractivity contribution in [3.8, 4) is 22.6 Å². The van der Waals surface area contributed by atoms with Crippen LogP contribution in [-0.2, 0) is 16.1 Å². The number of amides is 1. The van der Waals surface area contributed by atoms with Gasteiger partial charge in [-0.2, -0.15) is 0 Å². The summed E-state index contributed by atoms with van der Waals surface area (Å²) in [7, 11) is 0. The number of hydrogen-bond acceptors (Lipinski definition) is 7. The van der Waals surface area contributed by atoms with Crippen LogP contribution in [0.3, 0.4) is 0 Å². The number of esters is 1. The van der Waals surface area contributed by atoms with Crippen molar-refractivity contribution in [2.45, 2.75) is 12.7 Å². The SMILES string of the molecule is O=CNc1cc(C(O)CNCCOc2ccc(-c3ccc(C(=O)OCc4ccccc4)cc3)cc2)ccc1O. The van der Waals surface area contributed by atoms with E-state index in [-0.39, 0.29) is 30.6 Å². The van der Waals surface area contributed by atoms with Crippen LogP contribution in [0.25, 0.3) is 11.1 Å². The molecule has 0 aliphatic carbocycles. The molecule has 4 N–H and O–H groups in total. The topological polar surface area (TPSA) is 117 Å². The van der Waals surface area contributed by atoms with Crippen molar-refractivity contribution in [2.24, 2.45) is 0 Å². The predicted molar refractivity (Wildman–Crippen MR) is 149 cm³/mol. The summed E-state index contributed by atoms with van der Waals surface area (Å²) in [6.07, 6.45) is -0.343. The number of phenolic OH excluding ortho intramolecular Hbond substituents is 1. The lowest BCUT2D eigenvalue weighted by atomic mass is 10.0. The molecule has 0 aliphatic heterocycles. The molecule has 0 bridgehead atoms. The highest BCUT2D eigenvalue weighted by atomic mass is 16.5. The highest BCUT2D eigenvalue weighted by molar-refractivity contribution is 5.90. The summed E-state index contributed by atoms with van der Waals surface area (Å²) in [5, 5.41) is 25.6. The van der Waals surface area contributed by atoms with Crippen LogP contribution in [0.1, 0.15) is 27.6 Å². The number of aromatic hydroxyl groups is 1. The number of nitrogens with one attached hydrogen (secondary N) is 2. The van der Waals surface area contributed by atoms with Crippen LogP contribution in [0.15, 0.2) is 97.1 Å². The van der Waals surface area contributed by atoms with Crippen LogP contribution in [-0.4, -0.2) is 42.3 Å². The van der Waals surface area contributed by atoms with E-state index in [1.54, 1.807) is 18.2 Å². The van der Waals surface area contributed by atoms with Crippen LogP contribution in [0.5, 0.6) is 11.5 Å². The number of ether oxygens (including phenoxy) is 2. The number of hydrogen-bond donors (Lipinski definition) is 4. The van der Waals surface area contributed by atoms with Gasteiger partial charge in [0.1, 0.15) is 24.7 Å². The van der Waals surface area contributed by atoms with Gasteiger partial charge in [-0.3, -0.25) is 4.79 Å². The highest BCUT2D eigenvalue weighted by Crippen LogP contribution is 2.26. The van der Waals surface area contributed by atoms with E-state index in [2.05, 4.69) is 10.6 Å². The molecule has 1 atom stereocenters. The number of aliphatic hydroxyl groups excluding tert-OH is 1. The zero-order valence-corrected chi connectivity index (χ0v) is 21.2. The van der Waals surface area contributed by atoms with Gasteiger partial charge in [0.25, 0.3) is 0 Å². The summed E-state index contributed by atoms with van der Waals surface area (Å²) >= 11 is 0. The van der Waals surface area contributed by atoms with Gasteiger partial charge < -0.3 is 30.3 Å². The third-order valence-corrected chi connectivity index (χ3v) is 6.03. The van der Waals surface area contributed by atoms with Gasteiger partial charge in [-0.1, -0.05) is 60.7 Å². The van der Waals surface area contributed by atoms with E-state index in [4.69, 9.17) is 9.47 Å². The summed E-state index contributed by atoms with van der Waals surface area (Å²) < 4.78 is 11.2. The van der Waals surface area contributed by atoms with Gasteiger partial charge in [-0.25, -0.2) is 4.79 Å². The standard InChI is InChI=1S/C31H30N2O6/c34-21-33-28-18-26(12-15-29(28)35)30(36)19-32-16-17-38-27-13-10-24(11-14-27)23-6-8-25(9-7-23)31(37)39-20-22-4-2-1-3-5-22/h1-15,18,21,30,32,35-36H,16-17,19-20H2,(H,33,34). The van der Waals surface area contributed by atoms with Crippen molar-refractivity contribution in [1.82, 2.24) is 5.32 Å². The van der Waals surface area contributed by atoms with Crippen LogP contribution in [0.2, 0.25) is 0 Å². The Morgan fingerprint density at radius 2 is 1.59 bits per heavy atom. The Hall–Kier alpha value is -4.66. The van der Waals surface area contributed by atoms with Crippen molar-refractivity contribution < 1.29 is 29.3 Å². The molecule has 0 saturated heterocycles. The van der Waals surface area contributed by atoms with E-state index < -0.39 is 6.10 Å². The van der Waals surface area contributed by atoms with Crippen LogP contribution in [0, 0.1) is 0 Å². The highest BCUT2D eigenvalue weighted by Gasteiger charge is 2.11. The Kier molecular flexibility index (Phi) is 9.66. The zero-order valence-electron chi connectivity index (χ0n) is 21.2. The van der Waals surface area contributed by atoms with E-state index >= 15 is 0 Å². The number of carbonyl (C=O) groups is 2. The first-order valence-electron chi connectivity index (χ1n) is 12.5. The molecule has 8 heteroatoms. The van der Waals surface area contributed by atoms with Gasteiger partial charge in [-0.15, -0.1) is 0 Å². The molecular formula is C31H30N2O6. The molecule has 4 rings (SSSR count). The molecule has 0 fully saturated rings. The fraction of sp³-hybridized carbons (Fsp3) is 0.161. The maximum Gasteiger partial charge on any atom is 0.338 e. The maximum atomic E-state index is 12.3. The van der Waals surface area contributed by atoms with E-state index in [0.717, 1.165) is 16.7 Å².